The van der Waals surface area contributed by atoms with Crippen LogP contribution in [0.4, 0.5) is 0 Å². The number of carbonyl (C=O) groups is 1. The third-order valence-corrected chi connectivity index (χ3v) is 4.55. The first-order valence-corrected chi connectivity index (χ1v) is 7.53. The molecule has 0 radical (unpaired) electrons. The van der Waals surface area contributed by atoms with Crippen LogP contribution in [-0.2, 0) is 24.2 Å². The van der Waals surface area contributed by atoms with Crippen LogP contribution in [0.25, 0.3) is 0 Å². The molecule has 1 saturated heterocycles. The molecule has 3 rings (SSSR count). The third kappa shape index (κ3) is 2.70. The van der Waals surface area contributed by atoms with E-state index < -0.39 is 5.97 Å². The molecule has 20 heavy (non-hydrogen) atoms. The standard InChI is InChI=1S/C14H22N4O2/c1-2-17-5-3-10(9-17)7-12-15-13-8-11(14(19)20)4-6-18(13)16-12/h10-11H,2-9H2,1H3,(H,19,20). The fourth-order valence-corrected chi connectivity index (χ4v) is 3.28. The average molecular weight is 278 g/mol. The van der Waals surface area contributed by atoms with E-state index in [1.165, 1.54) is 13.0 Å². The predicted molar refractivity (Wildman–Crippen MR) is 73.4 cm³/mol. The van der Waals surface area contributed by atoms with Crippen molar-refractivity contribution >= 4 is 5.97 Å². The number of carboxylic acid groups (broad SMARTS) is 1. The van der Waals surface area contributed by atoms with Gasteiger partial charge in [0.05, 0.1) is 5.92 Å². The zero-order valence-corrected chi connectivity index (χ0v) is 12.0. The summed E-state index contributed by atoms with van der Waals surface area (Å²) in [7, 11) is 0. The molecule has 110 valence electrons. The highest BCUT2D eigenvalue weighted by Gasteiger charge is 2.28. The highest BCUT2D eigenvalue weighted by molar-refractivity contribution is 5.70. The zero-order chi connectivity index (χ0) is 14.1. The third-order valence-electron chi connectivity index (χ3n) is 4.55. The van der Waals surface area contributed by atoms with Gasteiger partial charge in [0, 0.05) is 25.9 Å². The summed E-state index contributed by atoms with van der Waals surface area (Å²) in [5.74, 6) is 1.39. The van der Waals surface area contributed by atoms with Crippen LogP contribution in [0.15, 0.2) is 0 Å². The second-order valence-corrected chi connectivity index (χ2v) is 5.95. The minimum Gasteiger partial charge on any atom is -0.481 e. The van der Waals surface area contributed by atoms with E-state index in [-0.39, 0.29) is 5.92 Å². The van der Waals surface area contributed by atoms with Gasteiger partial charge in [0.25, 0.3) is 0 Å². The molecule has 6 heteroatoms. The lowest BCUT2D eigenvalue weighted by Crippen LogP contribution is -2.26. The normalized spacial score (nSPS) is 26.6. The fourth-order valence-electron chi connectivity index (χ4n) is 3.28. The van der Waals surface area contributed by atoms with Gasteiger partial charge in [-0.05, 0) is 31.8 Å². The van der Waals surface area contributed by atoms with Gasteiger partial charge in [-0.25, -0.2) is 9.67 Å². The van der Waals surface area contributed by atoms with E-state index in [9.17, 15) is 4.79 Å². The maximum absolute atomic E-state index is 11.1. The van der Waals surface area contributed by atoms with E-state index in [4.69, 9.17) is 5.11 Å². The Morgan fingerprint density at radius 2 is 2.25 bits per heavy atom. The Bertz CT molecular complexity index is 499. The molecule has 0 aromatic carbocycles. The van der Waals surface area contributed by atoms with Crippen molar-refractivity contribution < 1.29 is 9.90 Å². The lowest BCUT2D eigenvalue weighted by atomic mass is 9.98. The summed E-state index contributed by atoms with van der Waals surface area (Å²) in [5.41, 5.74) is 0. The minimum atomic E-state index is -0.713. The molecule has 3 heterocycles. The molecule has 0 aliphatic carbocycles. The van der Waals surface area contributed by atoms with Gasteiger partial charge in [0.2, 0.25) is 0 Å². The second-order valence-electron chi connectivity index (χ2n) is 5.95. The van der Waals surface area contributed by atoms with Gasteiger partial charge in [-0.2, -0.15) is 5.10 Å². The maximum Gasteiger partial charge on any atom is 0.307 e. The Kier molecular flexibility index (Phi) is 3.74. The molecule has 1 aromatic heterocycles. The Morgan fingerprint density at radius 1 is 1.40 bits per heavy atom. The van der Waals surface area contributed by atoms with Crippen molar-refractivity contribution in [3.05, 3.63) is 11.6 Å². The van der Waals surface area contributed by atoms with E-state index in [2.05, 4.69) is 21.9 Å². The molecule has 1 fully saturated rings. The van der Waals surface area contributed by atoms with Gasteiger partial charge in [-0.1, -0.05) is 6.92 Å². The van der Waals surface area contributed by atoms with Gasteiger partial charge in [0.15, 0.2) is 5.82 Å². The monoisotopic (exact) mass is 278 g/mol. The van der Waals surface area contributed by atoms with Crippen molar-refractivity contribution in [2.75, 3.05) is 19.6 Å². The van der Waals surface area contributed by atoms with Crippen LogP contribution in [0.3, 0.4) is 0 Å². The summed E-state index contributed by atoms with van der Waals surface area (Å²) >= 11 is 0. The molecule has 1 aromatic rings. The molecule has 1 N–H and O–H groups in total. The molecular formula is C14H22N4O2. The Morgan fingerprint density at radius 3 is 2.95 bits per heavy atom. The molecule has 2 aliphatic rings. The topological polar surface area (TPSA) is 71.2 Å². The van der Waals surface area contributed by atoms with Crippen LogP contribution in [0.1, 0.15) is 31.4 Å². The van der Waals surface area contributed by atoms with Crippen molar-refractivity contribution in [1.82, 2.24) is 19.7 Å². The van der Waals surface area contributed by atoms with Crippen molar-refractivity contribution in [3.63, 3.8) is 0 Å². The summed E-state index contributed by atoms with van der Waals surface area (Å²) in [6, 6.07) is 0. The van der Waals surface area contributed by atoms with Crippen molar-refractivity contribution in [3.8, 4) is 0 Å². The highest BCUT2D eigenvalue weighted by Crippen LogP contribution is 2.22. The number of hydrogen-bond donors (Lipinski definition) is 1. The number of aryl methyl sites for hydroxylation is 1. The number of nitrogens with zero attached hydrogens (tertiary/aromatic N) is 4. The SMILES string of the molecule is CCN1CCC(Cc2nc3n(n2)CCC(C(=O)O)C3)C1. The summed E-state index contributed by atoms with van der Waals surface area (Å²) in [5, 5.41) is 13.6. The second kappa shape index (κ2) is 5.52. The van der Waals surface area contributed by atoms with E-state index in [0.717, 1.165) is 31.2 Å². The number of aromatic nitrogens is 3. The number of carboxylic acids is 1. The fraction of sp³-hybridized carbons (Fsp3) is 0.786. The molecule has 0 spiro atoms. The quantitative estimate of drug-likeness (QED) is 0.882. The molecule has 2 aliphatic heterocycles. The molecule has 0 amide bonds. The maximum atomic E-state index is 11.1. The Balaban J connectivity index is 1.64. The van der Waals surface area contributed by atoms with Crippen molar-refractivity contribution in [2.24, 2.45) is 11.8 Å². The number of rotatable bonds is 4. The van der Waals surface area contributed by atoms with Crippen LogP contribution in [-0.4, -0.2) is 50.4 Å². The molecule has 2 unspecified atom stereocenters. The highest BCUT2D eigenvalue weighted by atomic mass is 16.4. The first kappa shape index (κ1) is 13.5. The summed E-state index contributed by atoms with van der Waals surface area (Å²) in [6.07, 6.45) is 3.33. The van der Waals surface area contributed by atoms with E-state index in [1.807, 2.05) is 4.68 Å². The van der Waals surface area contributed by atoms with Gasteiger partial charge in [0.1, 0.15) is 5.82 Å². The largest absolute Gasteiger partial charge is 0.481 e. The molecule has 2 atom stereocenters. The van der Waals surface area contributed by atoms with Crippen molar-refractivity contribution in [1.29, 1.82) is 0 Å². The molecule has 0 saturated carbocycles. The lowest BCUT2D eigenvalue weighted by molar-refractivity contribution is -0.142. The smallest absolute Gasteiger partial charge is 0.307 e. The van der Waals surface area contributed by atoms with Crippen LogP contribution >= 0.6 is 0 Å². The van der Waals surface area contributed by atoms with Crippen LogP contribution < -0.4 is 0 Å². The Hall–Kier alpha value is -1.43. The molecule has 0 bridgehead atoms. The zero-order valence-electron chi connectivity index (χ0n) is 12.0. The summed E-state index contributed by atoms with van der Waals surface area (Å²) < 4.78 is 1.90. The molecular weight excluding hydrogens is 256 g/mol. The number of aliphatic carboxylic acids is 1. The van der Waals surface area contributed by atoms with Gasteiger partial charge in [-0.3, -0.25) is 4.79 Å². The van der Waals surface area contributed by atoms with E-state index >= 15 is 0 Å². The van der Waals surface area contributed by atoms with Crippen molar-refractivity contribution in [2.45, 2.75) is 39.2 Å². The first-order chi connectivity index (χ1) is 9.65. The molecule has 6 nitrogen and oxygen atoms in total. The van der Waals surface area contributed by atoms with Gasteiger partial charge >= 0.3 is 5.97 Å². The van der Waals surface area contributed by atoms with Gasteiger partial charge < -0.3 is 10.0 Å². The van der Waals surface area contributed by atoms with Crippen LogP contribution in [0, 0.1) is 11.8 Å². The number of fused-ring (bicyclic) bond motifs is 1. The van der Waals surface area contributed by atoms with Gasteiger partial charge in [-0.15, -0.1) is 0 Å². The van der Waals surface area contributed by atoms with Crippen LogP contribution in [0.2, 0.25) is 0 Å². The average Bonchev–Trinajstić information content (AvgIpc) is 3.03. The minimum absolute atomic E-state index is 0.290. The van der Waals surface area contributed by atoms with E-state index in [0.29, 0.717) is 25.3 Å². The first-order valence-electron chi connectivity index (χ1n) is 7.53. The summed E-state index contributed by atoms with van der Waals surface area (Å²) in [4.78, 5) is 18.1. The number of likely N-dealkylation sites (tertiary alicyclic amines) is 1. The van der Waals surface area contributed by atoms with Crippen LogP contribution in [0.5, 0.6) is 0 Å². The van der Waals surface area contributed by atoms with E-state index in [1.54, 1.807) is 0 Å². The summed E-state index contributed by atoms with van der Waals surface area (Å²) in [6.45, 7) is 6.31. The Labute approximate surface area is 118 Å². The lowest BCUT2D eigenvalue weighted by Gasteiger charge is -2.17. The predicted octanol–water partition coefficient (Wildman–Crippen LogP) is 0.809. The number of hydrogen-bond acceptors (Lipinski definition) is 4.